The molecule has 2 aromatic heterocycles. The van der Waals surface area contributed by atoms with Crippen LogP contribution >= 0.6 is 35.0 Å². The number of aldehydes is 1. The third-order valence-corrected chi connectivity index (χ3v) is 5.94. The Morgan fingerprint density at radius 1 is 1.15 bits per heavy atom. The Hall–Kier alpha value is -1.75. The quantitative estimate of drug-likeness (QED) is 0.421. The van der Waals surface area contributed by atoms with Gasteiger partial charge in [-0.05, 0) is 54.3 Å². The fourth-order valence-electron chi connectivity index (χ4n) is 3.13. The number of carbonyl (C=O) groups is 1. The number of pyridine rings is 1. The number of carbonyl (C=O) groups excluding carboxylic acids is 1. The summed E-state index contributed by atoms with van der Waals surface area (Å²) in [7, 11) is 0. The van der Waals surface area contributed by atoms with E-state index in [0.717, 1.165) is 38.6 Å². The molecule has 0 N–H and O–H groups in total. The maximum absolute atomic E-state index is 11.9. The number of benzene rings is 1. The lowest BCUT2D eigenvalue weighted by Crippen LogP contribution is -2.04. The van der Waals surface area contributed by atoms with Crippen LogP contribution in [0, 0.1) is 6.92 Å². The number of aromatic nitrogens is 2. The van der Waals surface area contributed by atoms with E-state index in [1.165, 1.54) is 0 Å². The van der Waals surface area contributed by atoms with Crippen LogP contribution in [-0.4, -0.2) is 15.8 Å². The van der Waals surface area contributed by atoms with Gasteiger partial charge in [0.2, 0.25) is 0 Å². The van der Waals surface area contributed by atoms with Gasteiger partial charge in [-0.3, -0.25) is 9.78 Å². The molecule has 3 nitrogen and oxygen atoms in total. The maximum Gasteiger partial charge on any atom is 0.152 e. The van der Waals surface area contributed by atoms with E-state index in [1.54, 1.807) is 30.2 Å². The first-order chi connectivity index (χ1) is 12.9. The molecule has 0 radical (unpaired) electrons. The highest BCUT2D eigenvalue weighted by Crippen LogP contribution is 2.40. The molecule has 0 atom stereocenters. The number of rotatable bonds is 6. The molecule has 6 heteroatoms. The van der Waals surface area contributed by atoms with Gasteiger partial charge in [0, 0.05) is 45.1 Å². The van der Waals surface area contributed by atoms with E-state index < -0.39 is 0 Å². The molecule has 27 heavy (non-hydrogen) atoms. The van der Waals surface area contributed by atoms with Crippen LogP contribution in [0.2, 0.25) is 10.0 Å². The van der Waals surface area contributed by atoms with Crippen molar-refractivity contribution in [2.24, 2.45) is 0 Å². The number of hydrogen-bond donors (Lipinski definition) is 0. The van der Waals surface area contributed by atoms with E-state index in [1.807, 2.05) is 31.2 Å². The van der Waals surface area contributed by atoms with Gasteiger partial charge >= 0.3 is 0 Å². The van der Waals surface area contributed by atoms with E-state index in [0.29, 0.717) is 16.6 Å². The Balaban J connectivity index is 2.15. The van der Waals surface area contributed by atoms with Crippen molar-refractivity contribution in [1.29, 1.82) is 0 Å². The van der Waals surface area contributed by atoms with E-state index in [-0.39, 0.29) is 5.92 Å². The fourth-order valence-corrected chi connectivity index (χ4v) is 5.15. The second-order valence-corrected chi connectivity index (χ2v) is 8.57. The first kappa shape index (κ1) is 20.0. The molecule has 0 aliphatic carbocycles. The van der Waals surface area contributed by atoms with E-state index >= 15 is 0 Å². The van der Waals surface area contributed by atoms with Crippen molar-refractivity contribution in [3.63, 3.8) is 0 Å². The summed E-state index contributed by atoms with van der Waals surface area (Å²) in [5, 5.41) is 2.23. The Bertz CT molecular complexity index is 948. The SMILES string of the molecule is Cc1c(C=O)c(C(C)C)c(Sc2cc(Cl)cc(Cl)c2)n1Cc1ccncc1. The van der Waals surface area contributed by atoms with Gasteiger partial charge in [-0.15, -0.1) is 0 Å². The van der Waals surface area contributed by atoms with E-state index in [2.05, 4.69) is 23.4 Å². The van der Waals surface area contributed by atoms with Crippen molar-refractivity contribution < 1.29 is 4.79 Å². The lowest BCUT2D eigenvalue weighted by Gasteiger charge is -2.14. The zero-order valence-corrected chi connectivity index (χ0v) is 17.7. The van der Waals surface area contributed by atoms with Crippen molar-refractivity contribution in [3.05, 3.63) is 75.2 Å². The summed E-state index contributed by atoms with van der Waals surface area (Å²) in [6.07, 6.45) is 4.52. The second kappa shape index (κ2) is 8.51. The summed E-state index contributed by atoms with van der Waals surface area (Å²) in [6, 6.07) is 9.47. The second-order valence-electron chi connectivity index (χ2n) is 6.64. The third kappa shape index (κ3) is 4.40. The van der Waals surface area contributed by atoms with Gasteiger partial charge in [0.15, 0.2) is 6.29 Å². The molecule has 3 aromatic rings. The largest absolute Gasteiger partial charge is 0.335 e. The number of nitrogens with zero attached hydrogens (tertiary/aromatic N) is 2. The Kier molecular flexibility index (Phi) is 6.30. The molecular weight excluding hydrogens is 399 g/mol. The van der Waals surface area contributed by atoms with Crippen molar-refractivity contribution >= 4 is 41.2 Å². The molecule has 0 aliphatic heterocycles. The van der Waals surface area contributed by atoms with Crippen LogP contribution in [0.15, 0.2) is 52.6 Å². The van der Waals surface area contributed by atoms with Crippen molar-refractivity contribution in [3.8, 4) is 0 Å². The standard InChI is InChI=1S/C21H20Cl2N2OS/c1-13(2)20-19(12-26)14(3)25(11-15-4-6-24-7-5-15)21(20)27-18-9-16(22)8-17(23)10-18/h4-10,12-13H,11H2,1-3H3. The number of halogens is 2. The van der Waals surface area contributed by atoms with Crippen LogP contribution in [0.3, 0.4) is 0 Å². The van der Waals surface area contributed by atoms with Gasteiger partial charge in [-0.2, -0.15) is 0 Å². The summed E-state index contributed by atoms with van der Waals surface area (Å²) >= 11 is 14.0. The van der Waals surface area contributed by atoms with Crippen LogP contribution in [0.4, 0.5) is 0 Å². The first-order valence-electron chi connectivity index (χ1n) is 8.61. The summed E-state index contributed by atoms with van der Waals surface area (Å²) in [4.78, 5) is 16.9. The molecule has 140 valence electrons. The summed E-state index contributed by atoms with van der Waals surface area (Å²) in [6.45, 7) is 6.87. The van der Waals surface area contributed by atoms with Crippen LogP contribution < -0.4 is 0 Å². The van der Waals surface area contributed by atoms with Crippen molar-refractivity contribution in [1.82, 2.24) is 9.55 Å². The molecule has 0 spiro atoms. The molecule has 0 amide bonds. The molecule has 0 saturated heterocycles. The molecule has 0 aliphatic rings. The molecule has 0 saturated carbocycles. The summed E-state index contributed by atoms with van der Waals surface area (Å²) in [5.74, 6) is 0.208. The Morgan fingerprint density at radius 3 is 2.33 bits per heavy atom. The minimum atomic E-state index is 0.208. The zero-order valence-electron chi connectivity index (χ0n) is 15.4. The highest BCUT2D eigenvalue weighted by atomic mass is 35.5. The van der Waals surface area contributed by atoms with Crippen LogP contribution in [0.25, 0.3) is 0 Å². The molecule has 0 unspecified atom stereocenters. The first-order valence-corrected chi connectivity index (χ1v) is 10.2. The van der Waals surface area contributed by atoms with Gasteiger partial charge in [0.25, 0.3) is 0 Å². The molecule has 0 bridgehead atoms. The van der Waals surface area contributed by atoms with E-state index in [4.69, 9.17) is 23.2 Å². The Labute approximate surface area is 173 Å². The van der Waals surface area contributed by atoms with Crippen LogP contribution in [0.1, 0.15) is 46.9 Å². The fraction of sp³-hybridized carbons (Fsp3) is 0.238. The van der Waals surface area contributed by atoms with Crippen molar-refractivity contribution in [2.45, 2.75) is 43.2 Å². The van der Waals surface area contributed by atoms with Gasteiger partial charge in [0.1, 0.15) is 0 Å². The minimum Gasteiger partial charge on any atom is -0.335 e. The molecule has 3 rings (SSSR count). The Morgan fingerprint density at radius 2 is 1.78 bits per heavy atom. The smallest absolute Gasteiger partial charge is 0.152 e. The van der Waals surface area contributed by atoms with Gasteiger partial charge in [-0.25, -0.2) is 0 Å². The van der Waals surface area contributed by atoms with Crippen LogP contribution in [0.5, 0.6) is 0 Å². The topological polar surface area (TPSA) is 34.9 Å². The zero-order chi connectivity index (χ0) is 19.6. The van der Waals surface area contributed by atoms with Crippen molar-refractivity contribution in [2.75, 3.05) is 0 Å². The van der Waals surface area contributed by atoms with E-state index in [9.17, 15) is 4.79 Å². The maximum atomic E-state index is 11.9. The molecule has 1 aromatic carbocycles. The molecular formula is C21H20Cl2N2OS. The van der Waals surface area contributed by atoms with Gasteiger partial charge in [0.05, 0.1) is 5.03 Å². The molecule has 2 heterocycles. The minimum absolute atomic E-state index is 0.208. The lowest BCUT2D eigenvalue weighted by atomic mass is 10.0. The normalized spacial score (nSPS) is 11.2. The lowest BCUT2D eigenvalue weighted by molar-refractivity contribution is 0.112. The summed E-state index contributed by atoms with van der Waals surface area (Å²) in [5.41, 5.74) is 3.90. The van der Waals surface area contributed by atoms with Gasteiger partial charge < -0.3 is 4.57 Å². The number of hydrogen-bond acceptors (Lipinski definition) is 3. The van der Waals surface area contributed by atoms with Gasteiger partial charge in [-0.1, -0.05) is 48.8 Å². The monoisotopic (exact) mass is 418 g/mol. The predicted octanol–water partition coefficient (Wildman–Crippen LogP) is 6.63. The van der Waals surface area contributed by atoms with Crippen LogP contribution in [-0.2, 0) is 6.54 Å². The predicted molar refractivity (Wildman–Crippen MR) is 113 cm³/mol. The molecule has 0 fully saturated rings. The highest BCUT2D eigenvalue weighted by Gasteiger charge is 2.23. The average Bonchev–Trinajstić information content (AvgIpc) is 2.87. The highest BCUT2D eigenvalue weighted by molar-refractivity contribution is 7.99. The summed E-state index contributed by atoms with van der Waals surface area (Å²) < 4.78 is 2.19. The average molecular weight is 419 g/mol. The third-order valence-electron chi connectivity index (χ3n) is 4.40.